The highest BCUT2D eigenvalue weighted by Gasteiger charge is 2.32. The van der Waals surface area contributed by atoms with Crippen molar-refractivity contribution in [2.24, 2.45) is 0 Å². The van der Waals surface area contributed by atoms with Crippen LogP contribution in [0.4, 0.5) is 0 Å². The number of carbonyl (C=O) groups is 3. The third-order valence-corrected chi connectivity index (χ3v) is 7.47. The Morgan fingerprint density at radius 3 is 2.42 bits per heavy atom. The molecular weight excluding hydrogens is 424 g/mol. The predicted octanol–water partition coefficient (Wildman–Crippen LogP) is 2.24. The molecule has 1 saturated heterocycles. The number of aromatic amines is 1. The van der Waals surface area contributed by atoms with Crippen LogP contribution < -0.4 is 0 Å². The largest absolute Gasteiger partial charge is 0.465 e. The summed E-state index contributed by atoms with van der Waals surface area (Å²) in [5.74, 6) is -1.51. The standard InChI is InChI=1S/C21H26N2O7S/c1-11-8-16(14(4)23(11)15-6-7-31(27,28)10-15)17(24)9-30-21(26)19-12(2)18(13(3)22-19)20(25)29-5/h8,15,22H,6-7,9-10H2,1-5H3. The maximum Gasteiger partial charge on any atom is 0.355 e. The first-order valence-corrected chi connectivity index (χ1v) is 11.7. The smallest absolute Gasteiger partial charge is 0.355 e. The first kappa shape index (κ1) is 22.8. The molecule has 1 N–H and O–H groups in total. The van der Waals surface area contributed by atoms with E-state index in [1.54, 1.807) is 26.8 Å². The topological polar surface area (TPSA) is 125 Å². The number of carbonyl (C=O) groups excluding carboxylic acids is 3. The Bertz CT molecular complexity index is 1170. The average Bonchev–Trinajstić information content (AvgIpc) is 3.31. The van der Waals surface area contributed by atoms with Gasteiger partial charge in [0.2, 0.25) is 5.78 Å². The number of methoxy groups -OCH3 is 1. The van der Waals surface area contributed by atoms with Gasteiger partial charge in [0, 0.05) is 28.7 Å². The average molecular weight is 451 g/mol. The molecule has 0 aliphatic carbocycles. The van der Waals surface area contributed by atoms with Crippen molar-refractivity contribution in [3.63, 3.8) is 0 Å². The van der Waals surface area contributed by atoms with Gasteiger partial charge in [0.15, 0.2) is 16.4 Å². The molecule has 1 fully saturated rings. The summed E-state index contributed by atoms with van der Waals surface area (Å²) >= 11 is 0. The van der Waals surface area contributed by atoms with Gasteiger partial charge in [-0.3, -0.25) is 4.79 Å². The summed E-state index contributed by atoms with van der Waals surface area (Å²) in [6.07, 6.45) is 0.509. The van der Waals surface area contributed by atoms with Crippen LogP contribution in [0.25, 0.3) is 0 Å². The second kappa shape index (κ2) is 8.33. The molecule has 2 aromatic rings. The molecule has 3 rings (SSSR count). The van der Waals surface area contributed by atoms with Gasteiger partial charge < -0.3 is 19.0 Å². The number of ketones is 1. The molecule has 1 atom stereocenters. The minimum Gasteiger partial charge on any atom is -0.465 e. The fourth-order valence-electron chi connectivity index (χ4n) is 4.24. The SMILES string of the molecule is COC(=O)c1c(C)[nH]c(C(=O)OCC(=O)c2cc(C)n(C3CCS(=O)(=O)C3)c2C)c1C. The molecule has 2 aromatic heterocycles. The predicted molar refractivity (Wildman–Crippen MR) is 112 cm³/mol. The number of rotatable bonds is 6. The Morgan fingerprint density at radius 2 is 1.84 bits per heavy atom. The Balaban J connectivity index is 1.74. The van der Waals surface area contributed by atoms with E-state index in [1.807, 2.05) is 11.5 Å². The van der Waals surface area contributed by atoms with E-state index >= 15 is 0 Å². The van der Waals surface area contributed by atoms with Crippen molar-refractivity contribution in [3.05, 3.63) is 45.5 Å². The number of nitrogens with one attached hydrogen (secondary N) is 1. The van der Waals surface area contributed by atoms with E-state index in [0.29, 0.717) is 28.9 Å². The van der Waals surface area contributed by atoms with E-state index in [0.717, 1.165) is 5.69 Å². The summed E-state index contributed by atoms with van der Waals surface area (Å²) in [5.41, 5.74) is 3.04. The van der Waals surface area contributed by atoms with Gasteiger partial charge in [0.25, 0.3) is 0 Å². The molecule has 0 aromatic carbocycles. The number of esters is 2. The van der Waals surface area contributed by atoms with E-state index in [4.69, 9.17) is 9.47 Å². The summed E-state index contributed by atoms with van der Waals surface area (Å²) in [7, 11) is -1.81. The molecule has 0 saturated carbocycles. The van der Waals surface area contributed by atoms with Gasteiger partial charge in [0.05, 0.1) is 24.2 Å². The number of aryl methyl sites for hydroxylation is 2. The molecular formula is C21H26N2O7S. The Kier molecular flexibility index (Phi) is 6.13. The van der Waals surface area contributed by atoms with E-state index in [1.165, 1.54) is 7.11 Å². The highest BCUT2D eigenvalue weighted by atomic mass is 32.2. The highest BCUT2D eigenvalue weighted by molar-refractivity contribution is 7.91. The number of H-pyrrole nitrogens is 1. The number of aromatic nitrogens is 2. The second-order valence-corrected chi connectivity index (χ2v) is 10.1. The van der Waals surface area contributed by atoms with Crippen LogP contribution in [0.3, 0.4) is 0 Å². The van der Waals surface area contributed by atoms with Crippen molar-refractivity contribution >= 4 is 27.6 Å². The van der Waals surface area contributed by atoms with Gasteiger partial charge in [-0.1, -0.05) is 0 Å². The van der Waals surface area contributed by atoms with Crippen molar-refractivity contribution in [1.29, 1.82) is 0 Å². The maximum absolute atomic E-state index is 12.7. The van der Waals surface area contributed by atoms with Crippen LogP contribution in [0, 0.1) is 27.7 Å². The zero-order valence-corrected chi connectivity index (χ0v) is 19.0. The summed E-state index contributed by atoms with van der Waals surface area (Å²) in [5, 5.41) is 0. The fraction of sp³-hybridized carbons (Fsp3) is 0.476. The molecule has 1 aliphatic rings. The van der Waals surface area contributed by atoms with E-state index < -0.39 is 28.4 Å². The molecule has 0 spiro atoms. The van der Waals surface area contributed by atoms with E-state index in [9.17, 15) is 22.8 Å². The lowest BCUT2D eigenvalue weighted by Gasteiger charge is -2.16. The van der Waals surface area contributed by atoms with Crippen LogP contribution in [0.2, 0.25) is 0 Å². The quantitative estimate of drug-likeness (QED) is 0.528. The molecule has 1 unspecified atom stereocenters. The van der Waals surface area contributed by atoms with Gasteiger partial charge in [-0.15, -0.1) is 0 Å². The first-order chi connectivity index (χ1) is 14.5. The monoisotopic (exact) mass is 450 g/mol. The third-order valence-electron chi connectivity index (χ3n) is 5.72. The van der Waals surface area contributed by atoms with Crippen LogP contribution in [-0.4, -0.2) is 60.9 Å². The van der Waals surface area contributed by atoms with Crippen molar-refractivity contribution in [2.45, 2.75) is 40.2 Å². The van der Waals surface area contributed by atoms with Gasteiger partial charge >= 0.3 is 11.9 Å². The number of ether oxygens (including phenoxy) is 2. The Hall–Kier alpha value is -2.88. The third kappa shape index (κ3) is 4.30. The second-order valence-electron chi connectivity index (χ2n) is 7.83. The van der Waals surface area contributed by atoms with Gasteiger partial charge in [-0.25, -0.2) is 18.0 Å². The zero-order valence-electron chi connectivity index (χ0n) is 18.2. The van der Waals surface area contributed by atoms with Crippen LogP contribution >= 0.6 is 0 Å². The van der Waals surface area contributed by atoms with Crippen molar-refractivity contribution in [3.8, 4) is 0 Å². The van der Waals surface area contributed by atoms with Gasteiger partial charge in [-0.05, 0) is 45.7 Å². The molecule has 168 valence electrons. The number of hydrogen-bond acceptors (Lipinski definition) is 7. The van der Waals surface area contributed by atoms with Crippen LogP contribution in [0.1, 0.15) is 66.3 Å². The first-order valence-electron chi connectivity index (χ1n) is 9.83. The number of hydrogen-bond donors (Lipinski definition) is 1. The molecule has 31 heavy (non-hydrogen) atoms. The number of sulfone groups is 1. The molecule has 1 aliphatic heterocycles. The van der Waals surface area contributed by atoms with Gasteiger partial charge in [-0.2, -0.15) is 0 Å². The number of nitrogens with zero attached hydrogens (tertiary/aromatic N) is 1. The maximum atomic E-state index is 12.7. The van der Waals surface area contributed by atoms with Crippen molar-refractivity contribution in [1.82, 2.24) is 9.55 Å². The minimum absolute atomic E-state index is 0.0555. The lowest BCUT2D eigenvalue weighted by Crippen LogP contribution is -2.17. The fourth-order valence-corrected chi connectivity index (χ4v) is 5.94. The molecule has 0 bridgehead atoms. The van der Waals surface area contributed by atoms with Crippen LogP contribution in [-0.2, 0) is 19.3 Å². The molecule has 10 heteroatoms. The molecule has 0 amide bonds. The highest BCUT2D eigenvalue weighted by Crippen LogP contribution is 2.29. The molecule has 0 radical (unpaired) electrons. The van der Waals surface area contributed by atoms with E-state index in [-0.39, 0.29) is 34.6 Å². The zero-order chi connectivity index (χ0) is 23.1. The summed E-state index contributed by atoms with van der Waals surface area (Å²) in [4.78, 5) is 39.9. The normalized spacial score (nSPS) is 17.5. The molecule has 3 heterocycles. The van der Waals surface area contributed by atoms with E-state index in [2.05, 4.69) is 4.98 Å². The van der Waals surface area contributed by atoms with Crippen LogP contribution in [0.15, 0.2) is 6.07 Å². The summed E-state index contributed by atoms with van der Waals surface area (Å²) in [6.45, 7) is 6.34. The number of Topliss-reactive ketones (excluding diaryl/α,β-unsaturated/α-hetero) is 1. The Labute approximate surface area is 180 Å². The minimum atomic E-state index is -3.07. The lowest BCUT2D eigenvalue weighted by molar-refractivity contribution is 0.0468. The van der Waals surface area contributed by atoms with Crippen molar-refractivity contribution < 1.29 is 32.3 Å². The summed E-state index contributed by atoms with van der Waals surface area (Å²) < 4.78 is 35.5. The lowest BCUT2D eigenvalue weighted by atomic mass is 10.1. The Morgan fingerprint density at radius 1 is 1.16 bits per heavy atom. The summed E-state index contributed by atoms with van der Waals surface area (Å²) in [6, 6.07) is 1.49. The van der Waals surface area contributed by atoms with Crippen LogP contribution in [0.5, 0.6) is 0 Å². The van der Waals surface area contributed by atoms with Crippen molar-refractivity contribution in [2.75, 3.05) is 25.2 Å². The molecule has 9 nitrogen and oxygen atoms in total. The van der Waals surface area contributed by atoms with Gasteiger partial charge in [0.1, 0.15) is 5.69 Å².